The molecule has 0 aliphatic rings. The zero-order chi connectivity index (χ0) is 40.4. The van der Waals surface area contributed by atoms with E-state index in [1.165, 1.54) is 24.3 Å². The van der Waals surface area contributed by atoms with E-state index < -0.39 is 76.1 Å². The summed E-state index contributed by atoms with van der Waals surface area (Å²) < 4.78 is 24.6. The molecule has 0 spiro atoms. The number of carbonyl (C=O) groups is 6. The molecule has 1 heterocycles. The average molecular weight is 774 g/mol. The molecule has 52 heavy (non-hydrogen) atoms. The van der Waals surface area contributed by atoms with Crippen molar-refractivity contribution in [3.05, 3.63) is 88.5 Å². The van der Waals surface area contributed by atoms with Gasteiger partial charge in [-0.15, -0.1) is 0 Å². The average Bonchev–Trinajstić information content (AvgIpc) is 3.03. The van der Waals surface area contributed by atoms with Gasteiger partial charge in [0.2, 0.25) is 5.30 Å². The summed E-state index contributed by atoms with van der Waals surface area (Å²) in [7, 11) is -6.88. The number of nitrogens with zero attached hydrogens (tertiary/aromatic N) is 2. The van der Waals surface area contributed by atoms with E-state index in [1.54, 1.807) is 18.2 Å². The Labute approximate surface area is 295 Å². The number of benzene rings is 2. The van der Waals surface area contributed by atoms with Crippen LogP contribution in [0.15, 0.2) is 54.9 Å². The second kappa shape index (κ2) is 21.7. The van der Waals surface area contributed by atoms with Gasteiger partial charge in [-0.1, -0.05) is 39.0 Å². The van der Waals surface area contributed by atoms with Crippen molar-refractivity contribution >= 4 is 57.0 Å². The van der Waals surface area contributed by atoms with Crippen LogP contribution in [0.4, 0.5) is 0 Å². The molecule has 22 heteroatoms. The zero-order valence-electron chi connectivity index (χ0n) is 27.5. The summed E-state index contributed by atoms with van der Waals surface area (Å²) in [5.41, 5.74) is -0.0525. The van der Waals surface area contributed by atoms with E-state index in [4.69, 9.17) is 45.3 Å². The van der Waals surface area contributed by atoms with Crippen LogP contribution in [-0.2, 0) is 35.1 Å². The van der Waals surface area contributed by atoms with Crippen LogP contribution in [0.3, 0.4) is 0 Å². The molecule has 2 aromatic carbocycles. The van der Waals surface area contributed by atoms with Gasteiger partial charge in [0.05, 0.1) is 24.2 Å². The fourth-order valence-electron chi connectivity index (χ4n) is 3.36. The van der Waals surface area contributed by atoms with E-state index in [1.807, 2.05) is 20.8 Å². The molecule has 0 saturated carbocycles. The van der Waals surface area contributed by atoms with Gasteiger partial charge in [-0.25, -0.2) is 33.7 Å². The van der Waals surface area contributed by atoms with Crippen molar-refractivity contribution in [2.75, 3.05) is 6.61 Å². The van der Waals surface area contributed by atoms with Gasteiger partial charge in [-0.2, -0.15) is 4.89 Å². The van der Waals surface area contributed by atoms with Crippen LogP contribution in [0.2, 0.25) is 0 Å². The Morgan fingerprint density at radius 2 is 1.17 bits per heavy atom. The molecule has 3 aromatic rings. The highest BCUT2D eigenvalue weighted by molar-refractivity contribution is 7.47. The molecule has 0 bridgehead atoms. The molecule has 0 fully saturated rings. The van der Waals surface area contributed by atoms with E-state index in [9.17, 15) is 37.9 Å². The number of phosphoric ester groups is 1. The third kappa shape index (κ3) is 19.0. The first kappa shape index (κ1) is 46.5. The fourth-order valence-corrected chi connectivity index (χ4v) is 4.34. The number of hydrogen-bond donors (Lipinski definition) is 9. The lowest BCUT2D eigenvalue weighted by Gasteiger charge is -2.20. The first-order valence-electron chi connectivity index (χ1n) is 14.1. The monoisotopic (exact) mass is 773 g/mol. The molecule has 1 atom stereocenters. The minimum Gasteiger partial charge on any atom is -0.481 e. The van der Waals surface area contributed by atoms with Crippen LogP contribution < -0.4 is 5.30 Å². The van der Waals surface area contributed by atoms with Crippen molar-refractivity contribution in [1.82, 2.24) is 9.97 Å². The second-order valence-corrected chi connectivity index (χ2v) is 13.1. The predicted octanol–water partition coefficient (Wildman–Crippen LogP) is 2.89. The van der Waals surface area contributed by atoms with Crippen LogP contribution in [0.5, 0.6) is 0 Å². The van der Waals surface area contributed by atoms with Crippen molar-refractivity contribution in [2.24, 2.45) is 0 Å². The minimum absolute atomic E-state index is 0.00447. The largest absolute Gasteiger partial charge is 0.546 e. The second-order valence-electron chi connectivity index (χ2n) is 10.8. The summed E-state index contributed by atoms with van der Waals surface area (Å²) in [6.45, 7) is 5.23. The molecule has 20 nitrogen and oxygen atoms in total. The molecule has 0 saturated heterocycles. The summed E-state index contributed by atoms with van der Waals surface area (Å²) in [4.78, 5) is 94.2. The number of aliphatic carboxylic acids is 2. The number of hydrogen-bond acceptors (Lipinski definition) is 11. The van der Waals surface area contributed by atoms with Gasteiger partial charge in [0, 0.05) is 24.4 Å². The third-order valence-electron chi connectivity index (χ3n) is 5.78. The maximum Gasteiger partial charge on any atom is 0.546 e. The van der Waals surface area contributed by atoms with Crippen LogP contribution in [0.25, 0.3) is 0 Å². The number of aryl methyl sites for hydroxylation is 1. The molecule has 0 amide bonds. The Bertz CT molecular complexity index is 1750. The lowest BCUT2D eigenvalue weighted by atomic mass is 9.85. The molecule has 1 unspecified atom stereocenters. The molecule has 0 aliphatic carbocycles. The SMILES string of the molecule is CC(C)(C)c1cc(C(=O)O)cc(C(=O)O)c1.O=C(O)CCOP(=O)(O)O.O=C(O)CCc1ccccc1[P+](=O)O.O=C(O)c1nccnc1C(=O)O. The highest BCUT2D eigenvalue weighted by Gasteiger charge is 2.21. The Kier molecular flexibility index (Phi) is 19.4. The Balaban J connectivity index is 0.000000677. The molecule has 1 aromatic heterocycles. The number of phosphoric acid groups is 1. The van der Waals surface area contributed by atoms with Gasteiger partial charge >= 0.3 is 51.7 Å². The smallest absolute Gasteiger partial charge is 0.481 e. The maximum absolute atomic E-state index is 10.9. The van der Waals surface area contributed by atoms with Crippen LogP contribution >= 0.6 is 15.9 Å². The molecule has 0 aliphatic heterocycles. The van der Waals surface area contributed by atoms with Crippen LogP contribution in [-0.4, -0.2) is 97.7 Å². The molecule has 9 N–H and O–H groups in total. The Morgan fingerprint density at radius 3 is 1.52 bits per heavy atom. The summed E-state index contributed by atoms with van der Waals surface area (Å²) in [6.07, 6.45) is 2.09. The predicted molar refractivity (Wildman–Crippen MR) is 177 cm³/mol. The Morgan fingerprint density at radius 1 is 0.731 bits per heavy atom. The highest BCUT2D eigenvalue weighted by Crippen LogP contribution is 2.35. The van der Waals surface area contributed by atoms with Gasteiger partial charge in [0.1, 0.15) is 0 Å². The van der Waals surface area contributed by atoms with Crippen LogP contribution in [0, 0.1) is 0 Å². The first-order valence-corrected chi connectivity index (χ1v) is 16.9. The zero-order valence-corrected chi connectivity index (χ0v) is 29.3. The van der Waals surface area contributed by atoms with Crippen molar-refractivity contribution in [3.8, 4) is 0 Å². The van der Waals surface area contributed by atoms with E-state index in [-0.39, 0.29) is 29.4 Å². The van der Waals surface area contributed by atoms with E-state index in [2.05, 4.69) is 14.5 Å². The maximum atomic E-state index is 10.9. The molecule has 0 radical (unpaired) electrons. The van der Waals surface area contributed by atoms with Crippen molar-refractivity contribution < 1.29 is 87.7 Å². The lowest BCUT2D eigenvalue weighted by molar-refractivity contribution is -0.138. The number of aromatic carboxylic acids is 4. The third-order valence-corrected chi connectivity index (χ3v) is 7.14. The number of aromatic nitrogens is 2. The summed E-state index contributed by atoms with van der Waals surface area (Å²) >= 11 is 0. The molecule has 282 valence electrons. The van der Waals surface area contributed by atoms with Crippen molar-refractivity contribution in [1.29, 1.82) is 0 Å². The number of carboxylic acid groups (broad SMARTS) is 6. The highest BCUT2D eigenvalue weighted by atomic mass is 31.2. The van der Waals surface area contributed by atoms with Crippen molar-refractivity contribution in [3.63, 3.8) is 0 Å². The summed E-state index contributed by atoms with van der Waals surface area (Å²) in [5, 5.41) is 51.4. The van der Waals surface area contributed by atoms with Crippen LogP contribution in [0.1, 0.15) is 86.4 Å². The van der Waals surface area contributed by atoms with E-state index >= 15 is 0 Å². The van der Waals surface area contributed by atoms with Crippen molar-refractivity contribution in [2.45, 2.75) is 45.4 Å². The Hall–Kier alpha value is -5.49. The standard InChI is InChI=1S/C12H14O4.C9H9O4P.C6H4N2O4.C3H7O6P/c1-12(2,3)9-5-7(10(13)14)4-8(6-9)11(15)16;10-9(11)6-5-7-3-1-2-4-8(7)14(12)13;9-5(10)3-4(6(11)12)8-2-1-7-3;4-3(5)1-2-9-10(6,7)8/h4-6H,1-3H3,(H,13,14)(H,15,16);1-4H,5-6H2,(H-,10,11,12,13);1-2H,(H,9,10)(H,11,12);1-2H2,(H,4,5)(H2,6,7,8)/p+1. The molecular formula is C30H35N2O18P2+. The number of rotatable bonds is 12. The van der Waals surface area contributed by atoms with Gasteiger partial charge in [0.15, 0.2) is 11.4 Å². The van der Waals surface area contributed by atoms with Gasteiger partial charge < -0.3 is 40.4 Å². The summed E-state index contributed by atoms with van der Waals surface area (Å²) in [5.74, 6) is -7.11. The van der Waals surface area contributed by atoms with Gasteiger partial charge in [-0.3, -0.25) is 14.1 Å². The van der Waals surface area contributed by atoms with E-state index in [0.717, 1.165) is 12.4 Å². The molecular weight excluding hydrogens is 738 g/mol. The topological polar surface area (TPSA) is 354 Å². The van der Waals surface area contributed by atoms with Gasteiger partial charge in [0.25, 0.3) is 0 Å². The fraction of sp³-hybridized carbons (Fsp3) is 0.267. The quantitative estimate of drug-likeness (QED) is 0.119. The molecule has 3 rings (SSSR count). The van der Waals surface area contributed by atoms with E-state index in [0.29, 0.717) is 16.4 Å². The number of carboxylic acids is 6. The minimum atomic E-state index is -4.49. The summed E-state index contributed by atoms with van der Waals surface area (Å²) in [6, 6.07) is 10.8. The first-order chi connectivity index (χ1) is 23.9. The normalized spacial score (nSPS) is 10.8. The van der Waals surface area contributed by atoms with Gasteiger partial charge in [-0.05, 0) is 46.2 Å². The lowest BCUT2D eigenvalue weighted by Crippen LogP contribution is -2.14.